The number of pyridine rings is 1. The summed E-state index contributed by atoms with van der Waals surface area (Å²) in [5.74, 6) is 5.83. The van der Waals surface area contributed by atoms with Gasteiger partial charge in [0.05, 0.1) is 0 Å². The largest absolute Gasteiger partial charge is 0.369 e. The van der Waals surface area contributed by atoms with E-state index in [0.717, 1.165) is 23.2 Å². The molecule has 0 spiro atoms. The number of halogens is 1. The van der Waals surface area contributed by atoms with Gasteiger partial charge >= 0.3 is 0 Å². The van der Waals surface area contributed by atoms with Crippen LogP contribution in [0.25, 0.3) is 0 Å². The Hall–Kier alpha value is -0.850. The summed E-state index contributed by atoms with van der Waals surface area (Å²) < 4.78 is 6.18. The Morgan fingerprint density at radius 3 is 3.00 bits per heavy atom. The summed E-state index contributed by atoms with van der Waals surface area (Å²) in [5, 5.41) is 0. The van der Waals surface area contributed by atoms with Crippen molar-refractivity contribution in [1.29, 1.82) is 0 Å². The van der Waals surface area contributed by atoms with E-state index in [1.54, 1.807) is 6.20 Å². The highest BCUT2D eigenvalue weighted by Crippen LogP contribution is 2.06. The maximum atomic E-state index is 5.22. The molecule has 0 aromatic carbocycles. The van der Waals surface area contributed by atoms with E-state index in [0.29, 0.717) is 6.61 Å². The highest BCUT2D eigenvalue weighted by molar-refractivity contribution is 9.10. The Balaban J connectivity index is 2.39. The summed E-state index contributed by atoms with van der Waals surface area (Å²) in [5.41, 5.74) is 0.772. The third-order valence-corrected chi connectivity index (χ3v) is 1.94. The summed E-state index contributed by atoms with van der Waals surface area (Å²) in [7, 11) is 0. The van der Waals surface area contributed by atoms with Crippen LogP contribution in [0.5, 0.6) is 0 Å². The first-order chi connectivity index (χ1) is 6.83. The third kappa shape index (κ3) is 4.40. The van der Waals surface area contributed by atoms with Gasteiger partial charge in [-0.15, -0.1) is 0 Å². The maximum absolute atomic E-state index is 5.22. The van der Waals surface area contributed by atoms with E-state index in [1.807, 2.05) is 12.1 Å². The van der Waals surface area contributed by atoms with Gasteiger partial charge in [-0.05, 0) is 40.4 Å². The molecule has 0 amide bonds. The Labute approximate surface area is 92.8 Å². The fourth-order valence-electron chi connectivity index (χ4n) is 0.844. The van der Waals surface area contributed by atoms with E-state index in [1.165, 1.54) is 0 Å². The predicted molar refractivity (Wildman–Crippen MR) is 59.9 cm³/mol. The van der Waals surface area contributed by atoms with Gasteiger partial charge in [-0.3, -0.25) is 0 Å². The second kappa shape index (κ2) is 6.58. The van der Waals surface area contributed by atoms with Gasteiger partial charge in [0.15, 0.2) is 0 Å². The average Bonchev–Trinajstić information content (AvgIpc) is 2.21. The highest BCUT2D eigenvalue weighted by atomic mass is 79.9. The van der Waals surface area contributed by atoms with Crippen LogP contribution < -0.4 is 0 Å². The van der Waals surface area contributed by atoms with Crippen LogP contribution in [0.4, 0.5) is 0 Å². The van der Waals surface area contributed by atoms with Crippen LogP contribution >= 0.6 is 15.9 Å². The minimum absolute atomic E-state index is 0.478. The summed E-state index contributed by atoms with van der Waals surface area (Å²) in [6.07, 6.45) is 2.76. The van der Waals surface area contributed by atoms with Crippen molar-refractivity contribution >= 4 is 15.9 Å². The Morgan fingerprint density at radius 2 is 2.36 bits per heavy atom. The molecule has 0 unspecified atom stereocenters. The van der Waals surface area contributed by atoms with Crippen LogP contribution in [0.1, 0.15) is 19.0 Å². The number of hydrogen-bond acceptors (Lipinski definition) is 2. The molecule has 1 rings (SSSR count). The molecule has 1 aromatic rings. The first-order valence-corrected chi connectivity index (χ1v) is 5.30. The number of rotatable bonds is 3. The zero-order chi connectivity index (χ0) is 10.2. The lowest BCUT2D eigenvalue weighted by Gasteiger charge is -1.93. The fourth-order valence-corrected chi connectivity index (χ4v) is 1.08. The second-order valence-electron chi connectivity index (χ2n) is 2.72. The van der Waals surface area contributed by atoms with Crippen LogP contribution in [0.2, 0.25) is 0 Å². The molecular weight excluding hydrogens is 242 g/mol. The molecule has 14 heavy (non-hydrogen) atoms. The molecule has 0 fully saturated rings. The van der Waals surface area contributed by atoms with Gasteiger partial charge in [0.1, 0.15) is 12.3 Å². The van der Waals surface area contributed by atoms with Crippen molar-refractivity contribution < 1.29 is 4.74 Å². The minimum atomic E-state index is 0.478. The zero-order valence-electron chi connectivity index (χ0n) is 8.09. The summed E-state index contributed by atoms with van der Waals surface area (Å²) >= 11 is 3.31. The molecule has 0 N–H and O–H groups in total. The molecule has 0 aliphatic carbocycles. The average molecular weight is 254 g/mol. The molecule has 74 valence electrons. The topological polar surface area (TPSA) is 22.1 Å². The van der Waals surface area contributed by atoms with E-state index >= 15 is 0 Å². The van der Waals surface area contributed by atoms with Crippen LogP contribution in [0.3, 0.4) is 0 Å². The highest BCUT2D eigenvalue weighted by Gasteiger charge is 1.87. The normalized spacial score (nSPS) is 9.29. The van der Waals surface area contributed by atoms with Crippen LogP contribution in [0.15, 0.2) is 22.8 Å². The predicted octanol–water partition coefficient (Wildman–Crippen LogP) is 2.62. The van der Waals surface area contributed by atoms with Gasteiger partial charge in [0, 0.05) is 17.3 Å². The number of hydrogen-bond donors (Lipinski definition) is 0. The fraction of sp³-hybridized carbons (Fsp3) is 0.364. The Bertz CT molecular complexity index is 323. The summed E-state index contributed by atoms with van der Waals surface area (Å²) in [6.45, 7) is 3.32. The monoisotopic (exact) mass is 253 g/mol. The molecule has 0 aliphatic rings. The minimum Gasteiger partial charge on any atom is -0.369 e. The van der Waals surface area contributed by atoms with Gasteiger partial charge < -0.3 is 4.74 Å². The molecule has 2 nitrogen and oxygen atoms in total. The van der Waals surface area contributed by atoms with Crippen molar-refractivity contribution in [2.24, 2.45) is 0 Å². The van der Waals surface area contributed by atoms with Crippen LogP contribution in [-0.4, -0.2) is 18.2 Å². The molecule has 3 heteroatoms. The van der Waals surface area contributed by atoms with Crippen molar-refractivity contribution in [2.75, 3.05) is 13.2 Å². The van der Waals surface area contributed by atoms with E-state index in [4.69, 9.17) is 4.74 Å². The SMILES string of the molecule is CCCOCC#Cc1ccc(Br)cn1. The molecular formula is C11H12BrNO. The molecule has 0 aliphatic heterocycles. The molecule has 0 radical (unpaired) electrons. The summed E-state index contributed by atoms with van der Waals surface area (Å²) in [4.78, 5) is 4.12. The Kier molecular flexibility index (Phi) is 5.28. The van der Waals surface area contributed by atoms with Crippen molar-refractivity contribution in [3.05, 3.63) is 28.5 Å². The van der Waals surface area contributed by atoms with E-state index in [-0.39, 0.29) is 0 Å². The lowest BCUT2D eigenvalue weighted by molar-refractivity contribution is 0.168. The lowest BCUT2D eigenvalue weighted by Crippen LogP contribution is -1.92. The lowest BCUT2D eigenvalue weighted by atomic mass is 10.3. The molecule has 0 saturated heterocycles. The van der Waals surface area contributed by atoms with Gasteiger partial charge in [-0.1, -0.05) is 12.8 Å². The van der Waals surface area contributed by atoms with E-state index in [2.05, 4.69) is 39.7 Å². The maximum Gasteiger partial charge on any atom is 0.113 e. The molecule has 1 heterocycles. The second-order valence-corrected chi connectivity index (χ2v) is 3.63. The number of nitrogens with zero attached hydrogens (tertiary/aromatic N) is 1. The van der Waals surface area contributed by atoms with Gasteiger partial charge in [0.25, 0.3) is 0 Å². The van der Waals surface area contributed by atoms with Gasteiger partial charge in [0.2, 0.25) is 0 Å². The number of ether oxygens (including phenoxy) is 1. The quantitative estimate of drug-likeness (QED) is 0.611. The van der Waals surface area contributed by atoms with E-state index in [9.17, 15) is 0 Å². The van der Waals surface area contributed by atoms with Crippen molar-refractivity contribution in [3.8, 4) is 11.8 Å². The number of aromatic nitrogens is 1. The van der Waals surface area contributed by atoms with Crippen LogP contribution in [-0.2, 0) is 4.74 Å². The standard InChI is InChI=1S/C11H12BrNO/c1-2-7-14-8-3-4-11-6-5-10(12)9-13-11/h5-6,9H,2,7-8H2,1H3. The molecule has 0 saturated carbocycles. The van der Waals surface area contributed by atoms with Gasteiger partial charge in [-0.2, -0.15) is 0 Å². The Morgan fingerprint density at radius 1 is 1.50 bits per heavy atom. The summed E-state index contributed by atoms with van der Waals surface area (Å²) in [6, 6.07) is 3.79. The van der Waals surface area contributed by atoms with Crippen molar-refractivity contribution in [3.63, 3.8) is 0 Å². The first kappa shape index (κ1) is 11.2. The smallest absolute Gasteiger partial charge is 0.113 e. The molecule has 0 atom stereocenters. The first-order valence-electron chi connectivity index (χ1n) is 4.51. The van der Waals surface area contributed by atoms with E-state index < -0.39 is 0 Å². The van der Waals surface area contributed by atoms with Crippen molar-refractivity contribution in [1.82, 2.24) is 4.98 Å². The molecule has 1 aromatic heterocycles. The zero-order valence-corrected chi connectivity index (χ0v) is 9.67. The van der Waals surface area contributed by atoms with Crippen LogP contribution in [0, 0.1) is 11.8 Å². The van der Waals surface area contributed by atoms with Gasteiger partial charge in [-0.25, -0.2) is 4.98 Å². The molecule has 0 bridgehead atoms. The third-order valence-electron chi connectivity index (χ3n) is 1.47. The van der Waals surface area contributed by atoms with Crippen molar-refractivity contribution in [2.45, 2.75) is 13.3 Å².